The summed E-state index contributed by atoms with van der Waals surface area (Å²) in [4.78, 5) is 23.1. The minimum absolute atomic E-state index is 0.0736. The summed E-state index contributed by atoms with van der Waals surface area (Å²) in [5, 5.41) is 6.54. The Kier molecular flexibility index (Phi) is 2.38. The Morgan fingerprint density at radius 2 is 2.05 bits per heavy atom. The minimum atomic E-state index is -0.483. The predicted molar refractivity (Wildman–Crippen MR) is 68.9 cm³/mol. The summed E-state index contributed by atoms with van der Waals surface area (Å²) in [6, 6.07) is 7.58. The van der Waals surface area contributed by atoms with Crippen LogP contribution in [-0.2, 0) is 11.2 Å². The first-order chi connectivity index (χ1) is 9.08. The van der Waals surface area contributed by atoms with E-state index in [0.29, 0.717) is 11.3 Å². The SMILES string of the molecule is Cc1ccccc1-n1nc2c(c1N)C(=O)NC(=O)C2. The van der Waals surface area contributed by atoms with Crippen LogP contribution < -0.4 is 11.1 Å². The molecule has 0 saturated carbocycles. The molecule has 96 valence electrons. The van der Waals surface area contributed by atoms with E-state index in [9.17, 15) is 9.59 Å². The largest absolute Gasteiger partial charge is 0.383 e. The average molecular weight is 256 g/mol. The lowest BCUT2D eigenvalue weighted by atomic mass is 10.1. The van der Waals surface area contributed by atoms with E-state index in [1.807, 2.05) is 31.2 Å². The first-order valence-corrected chi connectivity index (χ1v) is 5.85. The highest BCUT2D eigenvalue weighted by atomic mass is 16.2. The van der Waals surface area contributed by atoms with Crippen molar-refractivity contribution in [2.24, 2.45) is 0 Å². The lowest BCUT2D eigenvalue weighted by Gasteiger charge is -2.09. The molecule has 3 N–H and O–H groups in total. The Morgan fingerprint density at radius 3 is 2.79 bits per heavy atom. The predicted octanol–water partition coefficient (Wildman–Crippen LogP) is 0.575. The van der Waals surface area contributed by atoms with Crippen LogP contribution in [-0.4, -0.2) is 21.6 Å². The molecule has 6 heteroatoms. The third-order valence-corrected chi connectivity index (χ3v) is 3.15. The van der Waals surface area contributed by atoms with Crippen molar-refractivity contribution in [3.63, 3.8) is 0 Å². The van der Waals surface area contributed by atoms with Crippen molar-refractivity contribution in [1.82, 2.24) is 15.1 Å². The van der Waals surface area contributed by atoms with Crippen LogP contribution in [0.15, 0.2) is 24.3 Å². The van der Waals surface area contributed by atoms with Gasteiger partial charge in [-0.05, 0) is 18.6 Å². The van der Waals surface area contributed by atoms with E-state index in [-0.39, 0.29) is 18.1 Å². The fourth-order valence-electron chi connectivity index (χ4n) is 2.22. The van der Waals surface area contributed by atoms with Crippen LogP contribution in [0.3, 0.4) is 0 Å². The summed E-state index contributed by atoms with van der Waals surface area (Å²) in [6.07, 6.45) is 0.0736. The summed E-state index contributed by atoms with van der Waals surface area (Å²) in [5.41, 5.74) is 8.50. The zero-order valence-corrected chi connectivity index (χ0v) is 10.3. The van der Waals surface area contributed by atoms with E-state index in [2.05, 4.69) is 10.4 Å². The molecule has 3 rings (SSSR count). The molecule has 0 radical (unpaired) electrons. The molecule has 0 unspecified atom stereocenters. The number of rotatable bonds is 1. The van der Waals surface area contributed by atoms with Crippen molar-refractivity contribution >= 4 is 17.6 Å². The monoisotopic (exact) mass is 256 g/mol. The third kappa shape index (κ3) is 1.69. The number of para-hydroxylation sites is 1. The van der Waals surface area contributed by atoms with Gasteiger partial charge in [-0.25, -0.2) is 4.68 Å². The minimum Gasteiger partial charge on any atom is -0.383 e. The van der Waals surface area contributed by atoms with Gasteiger partial charge in [0.1, 0.15) is 11.4 Å². The van der Waals surface area contributed by atoms with Gasteiger partial charge in [0.25, 0.3) is 5.91 Å². The maximum Gasteiger partial charge on any atom is 0.263 e. The number of nitrogens with two attached hydrogens (primary N) is 1. The molecule has 6 nitrogen and oxygen atoms in total. The van der Waals surface area contributed by atoms with E-state index >= 15 is 0 Å². The van der Waals surface area contributed by atoms with Gasteiger partial charge in [0, 0.05) is 0 Å². The lowest BCUT2D eigenvalue weighted by Crippen LogP contribution is -2.37. The number of benzene rings is 1. The van der Waals surface area contributed by atoms with Gasteiger partial charge in [-0.3, -0.25) is 14.9 Å². The highest BCUT2D eigenvalue weighted by molar-refractivity contribution is 6.11. The van der Waals surface area contributed by atoms with Crippen molar-refractivity contribution in [2.75, 3.05) is 5.73 Å². The third-order valence-electron chi connectivity index (χ3n) is 3.15. The van der Waals surface area contributed by atoms with Crippen LogP contribution in [0.2, 0.25) is 0 Å². The Labute approximate surface area is 109 Å². The highest BCUT2D eigenvalue weighted by Crippen LogP contribution is 2.25. The van der Waals surface area contributed by atoms with Crippen LogP contribution in [0.25, 0.3) is 5.69 Å². The van der Waals surface area contributed by atoms with Crippen LogP contribution in [0.5, 0.6) is 0 Å². The van der Waals surface area contributed by atoms with Crippen LogP contribution in [0.4, 0.5) is 5.82 Å². The second-order valence-electron chi connectivity index (χ2n) is 4.46. The summed E-state index contributed by atoms with van der Waals surface area (Å²) in [5.74, 6) is -0.579. The fourth-order valence-corrected chi connectivity index (χ4v) is 2.22. The Hall–Kier alpha value is -2.63. The van der Waals surface area contributed by atoms with Gasteiger partial charge < -0.3 is 5.73 Å². The molecule has 0 spiro atoms. The molecule has 1 aliphatic rings. The number of carbonyl (C=O) groups is 2. The molecule has 1 aromatic heterocycles. The van der Waals surface area contributed by atoms with Gasteiger partial charge in [0.15, 0.2) is 0 Å². The molecular weight excluding hydrogens is 244 g/mol. The number of nitrogens with one attached hydrogen (secondary N) is 1. The number of hydrogen-bond acceptors (Lipinski definition) is 4. The van der Waals surface area contributed by atoms with E-state index in [1.54, 1.807) is 0 Å². The van der Waals surface area contributed by atoms with Gasteiger partial charge in [-0.2, -0.15) is 5.10 Å². The number of nitrogen functional groups attached to an aromatic ring is 1. The summed E-state index contributed by atoms with van der Waals surface area (Å²) in [7, 11) is 0. The second kappa shape index (κ2) is 3.94. The van der Waals surface area contributed by atoms with E-state index in [1.165, 1.54) is 4.68 Å². The number of anilines is 1. The zero-order chi connectivity index (χ0) is 13.6. The molecule has 1 aliphatic heterocycles. The van der Waals surface area contributed by atoms with Gasteiger partial charge in [0.2, 0.25) is 5.91 Å². The van der Waals surface area contributed by atoms with Crippen LogP contribution in [0.1, 0.15) is 21.6 Å². The van der Waals surface area contributed by atoms with Gasteiger partial charge in [-0.1, -0.05) is 18.2 Å². The molecule has 2 amide bonds. The fraction of sp³-hybridized carbons (Fsp3) is 0.154. The molecule has 2 heterocycles. The molecule has 0 bridgehead atoms. The molecule has 2 aromatic rings. The first kappa shape index (κ1) is 11.5. The Bertz CT molecular complexity index is 703. The van der Waals surface area contributed by atoms with Crippen molar-refractivity contribution in [2.45, 2.75) is 13.3 Å². The molecule has 0 fully saturated rings. The maximum atomic E-state index is 11.8. The van der Waals surface area contributed by atoms with Crippen LogP contribution in [0, 0.1) is 6.92 Å². The number of aromatic nitrogens is 2. The normalized spacial score (nSPS) is 14.2. The second-order valence-corrected chi connectivity index (χ2v) is 4.46. The highest BCUT2D eigenvalue weighted by Gasteiger charge is 2.30. The lowest BCUT2D eigenvalue weighted by molar-refractivity contribution is -0.119. The molecule has 0 aliphatic carbocycles. The summed E-state index contributed by atoms with van der Waals surface area (Å²) >= 11 is 0. The van der Waals surface area contributed by atoms with E-state index in [0.717, 1.165) is 11.3 Å². The number of amides is 2. The molecular formula is C13H12N4O2. The topological polar surface area (TPSA) is 90.0 Å². The average Bonchev–Trinajstić information content (AvgIpc) is 2.67. The molecule has 19 heavy (non-hydrogen) atoms. The molecule has 0 atom stereocenters. The number of fused-ring (bicyclic) bond motifs is 1. The van der Waals surface area contributed by atoms with E-state index in [4.69, 9.17) is 5.73 Å². The molecule has 0 saturated heterocycles. The van der Waals surface area contributed by atoms with Crippen molar-refractivity contribution in [3.8, 4) is 5.69 Å². The number of imide groups is 1. The first-order valence-electron chi connectivity index (χ1n) is 5.85. The van der Waals surface area contributed by atoms with Crippen LogP contribution >= 0.6 is 0 Å². The van der Waals surface area contributed by atoms with Gasteiger partial charge in [0.05, 0.1) is 17.8 Å². The van der Waals surface area contributed by atoms with E-state index < -0.39 is 5.91 Å². The Morgan fingerprint density at radius 1 is 1.32 bits per heavy atom. The standard InChI is InChI=1S/C13H12N4O2/c1-7-4-2-3-5-9(7)17-12(14)11-8(16-17)6-10(18)15-13(11)19/h2-5H,6,14H2,1H3,(H,15,18,19). The van der Waals surface area contributed by atoms with Crippen molar-refractivity contribution in [1.29, 1.82) is 0 Å². The zero-order valence-electron chi connectivity index (χ0n) is 10.3. The van der Waals surface area contributed by atoms with Crippen molar-refractivity contribution in [3.05, 3.63) is 41.1 Å². The number of aryl methyl sites for hydroxylation is 1. The maximum absolute atomic E-state index is 11.8. The number of hydrogen-bond donors (Lipinski definition) is 2. The summed E-state index contributed by atoms with van der Waals surface area (Å²) in [6.45, 7) is 1.93. The number of nitrogens with zero attached hydrogens (tertiary/aromatic N) is 2. The Balaban J connectivity index is 2.21. The molecule has 1 aromatic carbocycles. The van der Waals surface area contributed by atoms with Gasteiger partial charge >= 0.3 is 0 Å². The summed E-state index contributed by atoms with van der Waals surface area (Å²) < 4.78 is 1.51. The number of carbonyl (C=O) groups excluding carboxylic acids is 2. The smallest absolute Gasteiger partial charge is 0.263 e. The quantitative estimate of drug-likeness (QED) is 0.730. The van der Waals surface area contributed by atoms with Crippen molar-refractivity contribution < 1.29 is 9.59 Å². The van der Waals surface area contributed by atoms with Gasteiger partial charge in [-0.15, -0.1) is 0 Å².